The summed E-state index contributed by atoms with van der Waals surface area (Å²) < 4.78 is 13.5. The number of rotatable bonds is 3. The Bertz CT molecular complexity index is 522. The Morgan fingerprint density at radius 2 is 1.95 bits per heavy atom. The van der Waals surface area contributed by atoms with E-state index >= 15 is 0 Å². The van der Waals surface area contributed by atoms with E-state index in [0.717, 1.165) is 6.42 Å². The fourth-order valence-corrected chi connectivity index (χ4v) is 3.33. The van der Waals surface area contributed by atoms with Crippen molar-refractivity contribution >= 4 is 11.7 Å². The Morgan fingerprint density at radius 1 is 1.29 bits per heavy atom. The second kappa shape index (κ2) is 6.04. The molecule has 1 fully saturated rings. The van der Waals surface area contributed by atoms with Gasteiger partial charge in [0, 0.05) is 11.7 Å². The van der Waals surface area contributed by atoms with Crippen molar-refractivity contribution < 1.29 is 14.3 Å². The summed E-state index contributed by atoms with van der Waals surface area (Å²) in [4.78, 5) is 11.0. The van der Waals surface area contributed by atoms with Crippen LogP contribution in [0.1, 0.15) is 56.8 Å². The van der Waals surface area contributed by atoms with Crippen LogP contribution in [0.25, 0.3) is 0 Å². The van der Waals surface area contributed by atoms with E-state index in [0.29, 0.717) is 17.6 Å². The first kappa shape index (κ1) is 15.8. The molecular weight excluding hydrogens is 269 g/mol. The third-order valence-electron chi connectivity index (χ3n) is 4.43. The predicted octanol–water partition coefficient (Wildman–Crippen LogP) is 4.54. The largest absolute Gasteiger partial charge is 0.478 e. The number of hydrogen-bond donors (Lipinski definition) is 2. The number of benzene rings is 1. The van der Waals surface area contributed by atoms with Crippen molar-refractivity contribution in [2.45, 2.75) is 52.5 Å². The van der Waals surface area contributed by atoms with Crippen LogP contribution in [0.2, 0.25) is 0 Å². The lowest BCUT2D eigenvalue weighted by Crippen LogP contribution is -2.39. The lowest BCUT2D eigenvalue weighted by molar-refractivity contribution is 0.0692. The average molecular weight is 293 g/mol. The molecule has 21 heavy (non-hydrogen) atoms. The van der Waals surface area contributed by atoms with Crippen molar-refractivity contribution in [2.24, 2.45) is 11.3 Å². The smallest absolute Gasteiger partial charge is 0.338 e. The minimum absolute atomic E-state index is 0.202. The van der Waals surface area contributed by atoms with Gasteiger partial charge in [0.1, 0.15) is 5.82 Å². The van der Waals surface area contributed by atoms with E-state index in [2.05, 4.69) is 26.1 Å². The minimum atomic E-state index is -1.23. The summed E-state index contributed by atoms with van der Waals surface area (Å²) >= 11 is 0. The van der Waals surface area contributed by atoms with Crippen LogP contribution in [0, 0.1) is 17.2 Å². The second-order valence-corrected chi connectivity index (χ2v) is 7.01. The van der Waals surface area contributed by atoms with Crippen LogP contribution in [0.15, 0.2) is 18.2 Å². The molecule has 4 heteroatoms. The number of anilines is 1. The SMILES string of the molecule is CC(C)(C)C1CCCCC1Nc1ccc(F)c(C(=O)O)c1. The summed E-state index contributed by atoms with van der Waals surface area (Å²) in [7, 11) is 0. The van der Waals surface area contributed by atoms with Gasteiger partial charge < -0.3 is 10.4 Å². The van der Waals surface area contributed by atoms with E-state index < -0.39 is 11.8 Å². The zero-order valence-corrected chi connectivity index (χ0v) is 12.9. The zero-order valence-electron chi connectivity index (χ0n) is 12.9. The summed E-state index contributed by atoms with van der Waals surface area (Å²) in [6.07, 6.45) is 4.66. The summed E-state index contributed by atoms with van der Waals surface area (Å²) in [5.74, 6) is -1.39. The van der Waals surface area contributed by atoms with E-state index in [1.807, 2.05) is 0 Å². The van der Waals surface area contributed by atoms with Crippen LogP contribution in [0.4, 0.5) is 10.1 Å². The summed E-state index contributed by atoms with van der Waals surface area (Å²) in [6, 6.07) is 4.55. The maximum Gasteiger partial charge on any atom is 0.338 e. The normalized spacial score (nSPS) is 22.9. The first-order chi connectivity index (χ1) is 9.79. The molecule has 0 saturated heterocycles. The Morgan fingerprint density at radius 3 is 2.57 bits per heavy atom. The fourth-order valence-electron chi connectivity index (χ4n) is 3.33. The van der Waals surface area contributed by atoms with Gasteiger partial charge in [0.05, 0.1) is 5.56 Å². The van der Waals surface area contributed by atoms with Crippen LogP contribution in [0.3, 0.4) is 0 Å². The number of carbonyl (C=O) groups is 1. The number of halogens is 1. The Balaban J connectivity index is 2.20. The molecule has 0 aliphatic heterocycles. The summed E-state index contributed by atoms with van der Waals surface area (Å²) in [6.45, 7) is 6.72. The molecule has 3 nitrogen and oxygen atoms in total. The summed E-state index contributed by atoms with van der Waals surface area (Å²) in [5.41, 5.74) is 0.617. The van der Waals surface area contributed by atoms with Crippen molar-refractivity contribution in [1.82, 2.24) is 0 Å². The molecule has 0 radical (unpaired) electrons. The van der Waals surface area contributed by atoms with Gasteiger partial charge in [-0.15, -0.1) is 0 Å². The lowest BCUT2D eigenvalue weighted by atomic mass is 9.69. The third kappa shape index (κ3) is 3.74. The Hall–Kier alpha value is -1.58. The lowest BCUT2D eigenvalue weighted by Gasteiger charge is -2.41. The van der Waals surface area contributed by atoms with Gasteiger partial charge in [-0.1, -0.05) is 33.6 Å². The van der Waals surface area contributed by atoms with Crippen LogP contribution < -0.4 is 5.32 Å². The number of nitrogens with one attached hydrogen (secondary N) is 1. The molecule has 0 amide bonds. The molecule has 1 aliphatic carbocycles. The first-order valence-electron chi connectivity index (χ1n) is 7.58. The maximum atomic E-state index is 13.5. The van der Waals surface area contributed by atoms with Gasteiger partial charge in [0.25, 0.3) is 0 Å². The number of carboxylic acid groups (broad SMARTS) is 1. The van der Waals surface area contributed by atoms with Gasteiger partial charge in [-0.25, -0.2) is 9.18 Å². The van der Waals surface area contributed by atoms with Crippen LogP contribution in [0.5, 0.6) is 0 Å². The average Bonchev–Trinajstić information content (AvgIpc) is 2.40. The zero-order chi connectivity index (χ0) is 15.6. The molecule has 1 aromatic carbocycles. The maximum absolute atomic E-state index is 13.5. The Kier molecular flexibility index (Phi) is 4.55. The van der Waals surface area contributed by atoms with Crippen molar-refractivity contribution in [2.75, 3.05) is 5.32 Å². The highest BCUT2D eigenvalue weighted by molar-refractivity contribution is 5.89. The van der Waals surface area contributed by atoms with E-state index in [-0.39, 0.29) is 11.0 Å². The fraction of sp³-hybridized carbons (Fsp3) is 0.588. The van der Waals surface area contributed by atoms with Gasteiger partial charge in [-0.2, -0.15) is 0 Å². The molecule has 2 atom stereocenters. The monoisotopic (exact) mass is 293 g/mol. The van der Waals surface area contributed by atoms with Crippen LogP contribution in [-0.4, -0.2) is 17.1 Å². The highest BCUT2D eigenvalue weighted by Gasteiger charge is 2.34. The second-order valence-electron chi connectivity index (χ2n) is 7.01. The molecule has 1 saturated carbocycles. The van der Waals surface area contributed by atoms with Gasteiger partial charge in [0.15, 0.2) is 0 Å². The quantitative estimate of drug-likeness (QED) is 0.860. The van der Waals surface area contributed by atoms with Gasteiger partial charge in [-0.05, 0) is 42.4 Å². The van der Waals surface area contributed by atoms with Gasteiger partial charge in [0.2, 0.25) is 0 Å². The molecule has 1 aromatic rings. The molecular formula is C17H24FNO2. The molecule has 0 aromatic heterocycles. The minimum Gasteiger partial charge on any atom is -0.478 e. The molecule has 0 bridgehead atoms. The molecule has 0 heterocycles. The van der Waals surface area contributed by atoms with Crippen LogP contribution >= 0.6 is 0 Å². The van der Waals surface area contributed by atoms with Crippen LogP contribution in [-0.2, 0) is 0 Å². The molecule has 2 N–H and O–H groups in total. The molecule has 0 spiro atoms. The van der Waals surface area contributed by atoms with Crippen molar-refractivity contribution in [3.63, 3.8) is 0 Å². The van der Waals surface area contributed by atoms with Crippen molar-refractivity contribution in [3.05, 3.63) is 29.6 Å². The van der Waals surface area contributed by atoms with E-state index in [9.17, 15) is 9.18 Å². The Labute approximate surface area is 125 Å². The van der Waals surface area contributed by atoms with Crippen molar-refractivity contribution in [3.8, 4) is 0 Å². The van der Waals surface area contributed by atoms with E-state index in [4.69, 9.17) is 5.11 Å². The summed E-state index contributed by atoms with van der Waals surface area (Å²) in [5, 5.41) is 12.4. The van der Waals surface area contributed by atoms with Crippen molar-refractivity contribution in [1.29, 1.82) is 0 Å². The van der Waals surface area contributed by atoms with Gasteiger partial charge in [-0.3, -0.25) is 0 Å². The molecule has 2 rings (SSSR count). The topological polar surface area (TPSA) is 49.3 Å². The van der Waals surface area contributed by atoms with Gasteiger partial charge >= 0.3 is 5.97 Å². The highest BCUT2D eigenvalue weighted by Crippen LogP contribution is 2.39. The molecule has 2 unspecified atom stereocenters. The molecule has 116 valence electrons. The number of aromatic carboxylic acids is 1. The third-order valence-corrected chi connectivity index (χ3v) is 4.43. The molecule has 1 aliphatic rings. The first-order valence-corrected chi connectivity index (χ1v) is 7.58. The highest BCUT2D eigenvalue weighted by atomic mass is 19.1. The number of hydrogen-bond acceptors (Lipinski definition) is 2. The van der Waals surface area contributed by atoms with E-state index in [1.54, 1.807) is 6.07 Å². The van der Waals surface area contributed by atoms with E-state index in [1.165, 1.54) is 31.4 Å². The number of carboxylic acids is 1. The standard InChI is InChI=1S/C17H24FNO2/c1-17(2,3)13-6-4-5-7-15(13)19-11-8-9-14(18)12(10-11)16(20)21/h8-10,13,15,19H,4-7H2,1-3H3,(H,20,21). The predicted molar refractivity (Wildman–Crippen MR) is 82.2 cm³/mol.